The number of carbonyl (C=O) groups is 1. The Morgan fingerprint density at radius 2 is 2.15 bits per heavy atom. The number of hydrogen-bond acceptors (Lipinski definition) is 4. The summed E-state index contributed by atoms with van der Waals surface area (Å²) >= 11 is 11.7. The monoisotopic (exact) mass is 342 g/mol. The number of benzene rings is 1. The lowest BCUT2D eigenvalue weighted by Crippen LogP contribution is -2.36. The Labute approximate surface area is 133 Å². The van der Waals surface area contributed by atoms with Crippen molar-refractivity contribution in [2.45, 2.75) is 12.5 Å². The summed E-state index contributed by atoms with van der Waals surface area (Å²) in [5.41, 5.74) is 5.23. The maximum absolute atomic E-state index is 11.1. The van der Waals surface area contributed by atoms with Crippen LogP contribution in [-0.2, 0) is 4.79 Å². The van der Waals surface area contributed by atoms with Crippen molar-refractivity contribution in [3.8, 4) is 5.75 Å². The average molecular weight is 344 g/mol. The van der Waals surface area contributed by atoms with Gasteiger partial charge in [-0.1, -0.05) is 29.3 Å². The van der Waals surface area contributed by atoms with E-state index in [9.17, 15) is 9.90 Å². The van der Waals surface area contributed by atoms with E-state index in [2.05, 4.69) is 5.32 Å². The topological polar surface area (TPSA) is 84.6 Å². The molecule has 5 nitrogen and oxygen atoms in total. The Morgan fingerprint density at radius 1 is 1.45 bits per heavy atom. The normalized spacial score (nSPS) is 11.4. The number of amides is 1. The lowest BCUT2D eigenvalue weighted by molar-refractivity contribution is -0.121. The molecule has 0 saturated carbocycles. The van der Waals surface area contributed by atoms with Gasteiger partial charge in [0.2, 0.25) is 5.91 Å². The largest absolute Gasteiger partial charge is 0.489 e. The molecular weight excluding hydrogens is 327 g/mol. The van der Waals surface area contributed by atoms with E-state index in [0.717, 1.165) is 0 Å². The third-order valence-electron chi connectivity index (χ3n) is 2.25. The van der Waals surface area contributed by atoms with E-state index in [-0.39, 0.29) is 44.4 Å². The third kappa shape index (κ3) is 6.63. The predicted molar refractivity (Wildman–Crippen MR) is 81.9 cm³/mol. The number of halogens is 3. The fourth-order valence-corrected chi connectivity index (χ4v) is 1.64. The summed E-state index contributed by atoms with van der Waals surface area (Å²) in [7, 11) is 0. The van der Waals surface area contributed by atoms with Crippen molar-refractivity contribution in [2.75, 3.05) is 19.7 Å². The molecule has 1 rings (SSSR count). The zero-order valence-electron chi connectivity index (χ0n) is 10.6. The number of carbonyl (C=O) groups excluding carboxylic acids is 1. The van der Waals surface area contributed by atoms with Crippen LogP contribution in [0, 0.1) is 0 Å². The third-order valence-corrected chi connectivity index (χ3v) is 3.06. The molecule has 0 heterocycles. The SMILES string of the molecule is Cl.NCCC(=O)NCC(O)COc1cccc(Cl)c1Cl. The summed E-state index contributed by atoms with van der Waals surface area (Å²) in [6.45, 7) is 0.372. The van der Waals surface area contributed by atoms with Crippen LogP contribution in [0.2, 0.25) is 10.0 Å². The Hall–Kier alpha value is -0.720. The molecule has 0 radical (unpaired) electrons. The van der Waals surface area contributed by atoms with Gasteiger partial charge in [0.05, 0.1) is 5.02 Å². The second-order valence-corrected chi connectivity index (χ2v) is 4.64. The van der Waals surface area contributed by atoms with Crippen LogP contribution in [0.1, 0.15) is 6.42 Å². The van der Waals surface area contributed by atoms with Crippen molar-refractivity contribution in [2.24, 2.45) is 5.73 Å². The highest BCUT2D eigenvalue weighted by Crippen LogP contribution is 2.31. The molecular formula is C12H17Cl3N2O3. The van der Waals surface area contributed by atoms with E-state index in [4.69, 9.17) is 33.7 Å². The van der Waals surface area contributed by atoms with Gasteiger partial charge < -0.3 is 20.9 Å². The van der Waals surface area contributed by atoms with Crippen LogP contribution in [0.15, 0.2) is 18.2 Å². The smallest absolute Gasteiger partial charge is 0.221 e. The van der Waals surface area contributed by atoms with Crippen molar-refractivity contribution >= 4 is 41.5 Å². The molecule has 1 unspecified atom stereocenters. The summed E-state index contributed by atoms with van der Waals surface area (Å²) in [6, 6.07) is 4.98. The Bertz CT molecular complexity index is 432. The van der Waals surface area contributed by atoms with Gasteiger partial charge in [-0.3, -0.25) is 4.79 Å². The van der Waals surface area contributed by atoms with Gasteiger partial charge in [-0.25, -0.2) is 0 Å². The molecule has 8 heteroatoms. The molecule has 0 aliphatic rings. The molecule has 20 heavy (non-hydrogen) atoms. The molecule has 1 amide bonds. The number of ether oxygens (including phenoxy) is 1. The maximum atomic E-state index is 11.1. The number of nitrogens with one attached hydrogen (secondary N) is 1. The van der Waals surface area contributed by atoms with E-state index in [0.29, 0.717) is 15.8 Å². The predicted octanol–water partition coefficient (Wildman–Crippen LogP) is 1.62. The first-order valence-corrected chi connectivity index (χ1v) is 6.51. The molecule has 1 aromatic rings. The molecule has 0 aliphatic heterocycles. The summed E-state index contributed by atoms with van der Waals surface area (Å²) in [4.78, 5) is 11.1. The zero-order chi connectivity index (χ0) is 14.3. The number of nitrogens with two attached hydrogens (primary N) is 1. The molecule has 114 valence electrons. The lowest BCUT2D eigenvalue weighted by Gasteiger charge is -2.14. The molecule has 0 spiro atoms. The quantitative estimate of drug-likeness (QED) is 0.702. The van der Waals surface area contributed by atoms with Gasteiger partial charge >= 0.3 is 0 Å². The standard InChI is InChI=1S/C12H16Cl2N2O3.ClH/c13-9-2-1-3-10(12(9)14)19-7-8(17)6-16-11(18)4-5-15;/h1-3,8,17H,4-7,15H2,(H,16,18);1H. The number of aliphatic hydroxyl groups is 1. The van der Waals surface area contributed by atoms with Crippen molar-refractivity contribution in [1.82, 2.24) is 5.32 Å². The molecule has 0 saturated heterocycles. The van der Waals surface area contributed by atoms with Gasteiger partial charge in [0.15, 0.2) is 0 Å². The van der Waals surface area contributed by atoms with Crippen molar-refractivity contribution < 1.29 is 14.6 Å². The first-order valence-electron chi connectivity index (χ1n) is 5.76. The highest BCUT2D eigenvalue weighted by molar-refractivity contribution is 6.42. The molecule has 1 atom stereocenters. The van der Waals surface area contributed by atoms with E-state index < -0.39 is 6.10 Å². The summed E-state index contributed by atoms with van der Waals surface area (Å²) in [5.74, 6) is 0.184. The highest BCUT2D eigenvalue weighted by atomic mass is 35.5. The Morgan fingerprint density at radius 3 is 2.80 bits per heavy atom. The molecule has 0 aromatic heterocycles. The lowest BCUT2D eigenvalue weighted by atomic mass is 10.3. The van der Waals surface area contributed by atoms with E-state index in [1.807, 2.05) is 0 Å². The van der Waals surface area contributed by atoms with Crippen LogP contribution >= 0.6 is 35.6 Å². The minimum absolute atomic E-state index is 0. The van der Waals surface area contributed by atoms with Crippen molar-refractivity contribution in [1.29, 1.82) is 0 Å². The maximum Gasteiger partial charge on any atom is 0.221 e. The average Bonchev–Trinajstić information content (AvgIpc) is 2.38. The molecule has 1 aromatic carbocycles. The van der Waals surface area contributed by atoms with Gasteiger partial charge in [-0.05, 0) is 12.1 Å². The minimum atomic E-state index is -0.836. The highest BCUT2D eigenvalue weighted by Gasteiger charge is 2.10. The van der Waals surface area contributed by atoms with Crippen LogP contribution in [0.3, 0.4) is 0 Å². The van der Waals surface area contributed by atoms with Gasteiger partial charge in [0.25, 0.3) is 0 Å². The Balaban J connectivity index is 0.00000361. The van der Waals surface area contributed by atoms with E-state index in [1.165, 1.54) is 0 Å². The Kier molecular flexibility index (Phi) is 9.71. The van der Waals surface area contributed by atoms with Crippen LogP contribution in [0.25, 0.3) is 0 Å². The number of rotatable bonds is 7. The summed E-state index contributed by atoms with van der Waals surface area (Å²) in [5, 5.41) is 12.9. The number of aliphatic hydroxyl groups excluding tert-OH is 1. The first-order chi connectivity index (χ1) is 9.04. The second-order valence-electron chi connectivity index (χ2n) is 3.86. The number of hydrogen-bond donors (Lipinski definition) is 3. The summed E-state index contributed by atoms with van der Waals surface area (Å²) < 4.78 is 5.33. The van der Waals surface area contributed by atoms with Gasteiger partial charge in [-0.15, -0.1) is 12.4 Å². The first kappa shape index (κ1) is 19.3. The van der Waals surface area contributed by atoms with Crippen LogP contribution in [0.4, 0.5) is 0 Å². The summed E-state index contributed by atoms with van der Waals surface area (Å²) in [6.07, 6.45) is -0.606. The van der Waals surface area contributed by atoms with E-state index >= 15 is 0 Å². The molecule has 4 N–H and O–H groups in total. The van der Waals surface area contributed by atoms with Crippen LogP contribution in [-0.4, -0.2) is 36.8 Å². The van der Waals surface area contributed by atoms with Gasteiger partial charge in [-0.2, -0.15) is 0 Å². The molecule has 0 bridgehead atoms. The fourth-order valence-electron chi connectivity index (χ4n) is 1.29. The van der Waals surface area contributed by atoms with E-state index in [1.54, 1.807) is 18.2 Å². The molecule has 0 aliphatic carbocycles. The van der Waals surface area contributed by atoms with Gasteiger partial charge in [0, 0.05) is 19.5 Å². The second kappa shape index (κ2) is 10.1. The van der Waals surface area contributed by atoms with Crippen molar-refractivity contribution in [3.63, 3.8) is 0 Å². The molecule has 0 fully saturated rings. The van der Waals surface area contributed by atoms with Gasteiger partial charge in [0.1, 0.15) is 23.5 Å². The van der Waals surface area contributed by atoms with Crippen LogP contribution in [0.5, 0.6) is 5.75 Å². The fraction of sp³-hybridized carbons (Fsp3) is 0.417. The zero-order valence-corrected chi connectivity index (χ0v) is 13.0. The van der Waals surface area contributed by atoms with Crippen LogP contribution < -0.4 is 15.8 Å². The minimum Gasteiger partial charge on any atom is -0.489 e. The van der Waals surface area contributed by atoms with Crippen molar-refractivity contribution in [3.05, 3.63) is 28.2 Å².